The summed E-state index contributed by atoms with van der Waals surface area (Å²) >= 11 is 5.81. The molecular weight excluding hydrogens is 269 g/mol. The Kier molecular flexibility index (Phi) is 5.37. The largest absolute Gasteiger partial charge is 0.417 e. The van der Waals surface area contributed by atoms with Crippen molar-refractivity contribution in [2.45, 2.75) is 18.6 Å². The molecule has 1 N–H and O–H groups in total. The van der Waals surface area contributed by atoms with Gasteiger partial charge in [0.15, 0.2) is 0 Å². The molecule has 0 fully saturated rings. The molecule has 102 valence electrons. The Morgan fingerprint density at radius 2 is 2.17 bits per heavy atom. The van der Waals surface area contributed by atoms with Gasteiger partial charge in [0.05, 0.1) is 22.9 Å². The van der Waals surface area contributed by atoms with Crippen molar-refractivity contribution in [2.75, 3.05) is 20.8 Å². The van der Waals surface area contributed by atoms with Crippen molar-refractivity contribution < 1.29 is 17.9 Å². The molecular formula is C11H14ClF3N2O. The lowest BCUT2D eigenvalue weighted by Gasteiger charge is -2.16. The second-order valence-corrected chi connectivity index (χ2v) is 4.20. The molecule has 1 aromatic heterocycles. The van der Waals surface area contributed by atoms with Gasteiger partial charge in [0.25, 0.3) is 0 Å². The molecule has 0 radical (unpaired) electrons. The van der Waals surface area contributed by atoms with Gasteiger partial charge < -0.3 is 10.1 Å². The topological polar surface area (TPSA) is 34.1 Å². The first-order valence-corrected chi connectivity index (χ1v) is 5.64. The first kappa shape index (κ1) is 15.2. The summed E-state index contributed by atoms with van der Waals surface area (Å²) in [6, 6.07) is 0.848. The molecule has 7 heteroatoms. The van der Waals surface area contributed by atoms with Crippen molar-refractivity contribution in [3.05, 3.63) is 28.5 Å². The summed E-state index contributed by atoms with van der Waals surface area (Å²) in [6.07, 6.45) is -3.23. The molecule has 0 saturated heterocycles. The van der Waals surface area contributed by atoms with Crippen LogP contribution in [0.3, 0.4) is 0 Å². The lowest BCUT2D eigenvalue weighted by Crippen LogP contribution is -2.32. The number of pyridine rings is 1. The number of halogens is 4. The lowest BCUT2D eigenvalue weighted by atomic mass is 10.1. The summed E-state index contributed by atoms with van der Waals surface area (Å²) in [4.78, 5) is 3.77. The molecule has 1 atom stereocenters. The Morgan fingerprint density at radius 3 is 2.61 bits per heavy atom. The van der Waals surface area contributed by atoms with Crippen molar-refractivity contribution in [3.8, 4) is 0 Å². The van der Waals surface area contributed by atoms with E-state index in [0.717, 1.165) is 12.3 Å². The molecule has 0 aliphatic carbocycles. The van der Waals surface area contributed by atoms with Crippen LogP contribution in [0.4, 0.5) is 13.2 Å². The monoisotopic (exact) mass is 282 g/mol. The number of nitrogens with zero attached hydrogens (tertiary/aromatic N) is 1. The Labute approximate surface area is 108 Å². The molecule has 0 spiro atoms. The van der Waals surface area contributed by atoms with Crippen LogP contribution in [0.2, 0.25) is 5.02 Å². The zero-order valence-corrected chi connectivity index (χ0v) is 10.8. The summed E-state index contributed by atoms with van der Waals surface area (Å²) in [6.45, 7) is 0.426. The highest BCUT2D eigenvalue weighted by Crippen LogP contribution is 2.31. The van der Waals surface area contributed by atoms with Crippen LogP contribution < -0.4 is 5.32 Å². The molecule has 0 aromatic carbocycles. The highest BCUT2D eigenvalue weighted by molar-refractivity contribution is 6.31. The fourth-order valence-corrected chi connectivity index (χ4v) is 1.69. The minimum Gasteiger partial charge on any atom is -0.383 e. The maximum atomic E-state index is 12.4. The van der Waals surface area contributed by atoms with Crippen LogP contribution in [0.15, 0.2) is 12.3 Å². The molecule has 3 nitrogen and oxygen atoms in total. The minimum absolute atomic E-state index is 0.0150. The third kappa shape index (κ3) is 4.12. The quantitative estimate of drug-likeness (QED) is 0.901. The maximum Gasteiger partial charge on any atom is 0.417 e. The lowest BCUT2D eigenvalue weighted by molar-refractivity contribution is -0.137. The Bertz CT molecular complexity index is 398. The van der Waals surface area contributed by atoms with Gasteiger partial charge in [-0.3, -0.25) is 4.98 Å². The van der Waals surface area contributed by atoms with Crippen LogP contribution in [-0.2, 0) is 17.3 Å². The summed E-state index contributed by atoms with van der Waals surface area (Å²) in [5, 5.41) is 2.99. The number of hydrogen-bond donors (Lipinski definition) is 1. The van der Waals surface area contributed by atoms with E-state index in [1.165, 1.54) is 0 Å². The van der Waals surface area contributed by atoms with Gasteiger partial charge in [-0.2, -0.15) is 13.2 Å². The Balaban J connectivity index is 2.85. The van der Waals surface area contributed by atoms with E-state index in [1.54, 1.807) is 14.2 Å². The summed E-state index contributed by atoms with van der Waals surface area (Å²) in [5.74, 6) is 0. The third-order valence-electron chi connectivity index (χ3n) is 2.46. The zero-order chi connectivity index (χ0) is 13.8. The van der Waals surface area contributed by atoms with Crippen LogP contribution in [0, 0.1) is 0 Å². The van der Waals surface area contributed by atoms with Crippen LogP contribution in [-0.4, -0.2) is 31.8 Å². The van der Waals surface area contributed by atoms with E-state index in [1.807, 2.05) is 0 Å². The zero-order valence-electron chi connectivity index (χ0n) is 10.0. The highest BCUT2D eigenvalue weighted by atomic mass is 35.5. The van der Waals surface area contributed by atoms with Gasteiger partial charge in [-0.1, -0.05) is 11.6 Å². The van der Waals surface area contributed by atoms with E-state index >= 15 is 0 Å². The molecule has 1 heterocycles. The van der Waals surface area contributed by atoms with Gasteiger partial charge in [-0.25, -0.2) is 0 Å². The fourth-order valence-electron chi connectivity index (χ4n) is 1.45. The fraction of sp³-hybridized carbons (Fsp3) is 0.545. The number of ether oxygens (including phenoxy) is 1. The number of methoxy groups -OCH3 is 1. The number of likely N-dealkylation sites (N-methyl/N-ethyl adjacent to an activating group) is 1. The second kappa shape index (κ2) is 6.36. The number of alkyl halides is 3. The molecule has 0 aliphatic rings. The second-order valence-electron chi connectivity index (χ2n) is 3.80. The smallest absolute Gasteiger partial charge is 0.383 e. The molecule has 1 rings (SSSR count). The van der Waals surface area contributed by atoms with Crippen molar-refractivity contribution in [1.82, 2.24) is 10.3 Å². The van der Waals surface area contributed by atoms with Crippen molar-refractivity contribution >= 4 is 11.6 Å². The average Bonchev–Trinajstić information content (AvgIpc) is 2.29. The van der Waals surface area contributed by atoms with E-state index in [-0.39, 0.29) is 11.1 Å². The summed E-state index contributed by atoms with van der Waals surface area (Å²) in [7, 11) is 3.29. The number of aromatic nitrogens is 1. The molecule has 1 unspecified atom stereocenters. The van der Waals surface area contributed by atoms with E-state index in [2.05, 4.69) is 10.3 Å². The van der Waals surface area contributed by atoms with Crippen LogP contribution in [0.5, 0.6) is 0 Å². The van der Waals surface area contributed by atoms with Gasteiger partial charge in [-0.05, 0) is 13.1 Å². The van der Waals surface area contributed by atoms with Gasteiger partial charge in [0.2, 0.25) is 0 Å². The van der Waals surface area contributed by atoms with E-state index in [4.69, 9.17) is 16.3 Å². The van der Waals surface area contributed by atoms with Crippen LogP contribution in [0.1, 0.15) is 11.3 Å². The molecule has 1 aromatic rings. The molecule has 0 aliphatic heterocycles. The summed E-state index contributed by atoms with van der Waals surface area (Å²) < 4.78 is 42.2. The first-order chi connectivity index (χ1) is 8.38. The molecule has 0 bridgehead atoms. The molecule has 0 saturated carbocycles. The SMILES string of the molecule is CNC(COC)Cc1ncc(C(F)(F)F)cc1Cl. The number of rotatable bonds is 5. The normalized spacial score (nSPS) is 13.7. The van der Waals surface area contributed by atoms with E-state index in [0.29, 0.717) is 18.7 Å². The van der Waals surface area contributed by atoms with Gasteiger partial charge >= 0.3 is 6.18 Å². The van der Waals surface area contributed by atoms with Crippen molar-refractivity contribution in [1.29, 1.82) is 0 Å². The van der Waals surface area contributed by atoms with Gasteiger partial charge in [0, 0.05) is 25.8 Å². The molecule has 18 heavy (non-hydrogen) atoms. The first-order valence-electron chi connectivity index (χ1n) is 5.26. The highest BCUT2D eigenvalue weighted by Gasteiger charge is 2.31. The van der Waals surface area contributed by atoms with E-state index in [9.17, 15) is 13.2 Å². The number of nitrogens with one attached hydrogen (secondary N) is 1. The van der Waals surface area contributed by atoms with E-state index < -0.39 is 11.7 Å². The standard InChI is InChI=1S/C11H14ClF3N2O/c1-16-8(6-18-2)4-10-9(12)3-7(5-17-10)11(13,14)15/h3,5,8,16H,4,6H2,1-2H3. The van der Waals surface area contributed by atoms with Crippen molar-refractivity contribution in [2.24, 2.45) is 0 Å². The minimum atomic E-state index is -4.43. The van der Waals surface area contributed by atoms with Crippen LogP contribution >= 0.6 is 11.6 Å². The predicted molar refractivity (Wildman–Crippen MR) is 62.7 cm³/mol. The third-order valence-corrected chi connectivity index (χ3v) is 2.79. The average molecular weight is 283 g/mol. The Hall–Kier alpha value is -0.850. The maximum absolute atomic E-state index is 12.4. The summed E-state index contributed by atoms with van der Waals surface area (Å²) in [5.41, 5.74) is -0.426. The molecule has 0 amide bonds. The number of hydrogen-bond acceptors (Lipinski definition) is 3. The predicted octanol–water partition coefficient (Wildman–Crippen LogP) is 2.53. The van der Waals surface area contributed by atoms with Crippen LogP contribution in [0.25, 0.3) is 0 Å². The van der Waals surface area contributed by atoms with Crippen molar-refractivity contribution in [3.63, 3.8) is 0 Å². The Morgan fingerprint density at radius 1 is 1.50 bits per heavy atom. The van der Waals surface area contributed by atoms with Gasteiger partial charge in [-0.15, -0.1) is 0 Å². The van der Waals surface area contributed by atoms with Gasteiger partial charge in [0.1, 0.15) is 0 Å².